The highest BCUT2D eigenvalue weighted by Crippen LogP contribution is 2.36. The Morgan fingerprint density at radius 2 is 1.81 bits per heavy atom. The van der Waals surface area contributed by atoms with Crippen molar-refractivity contribution < 1.29 is 22.8 Å². The number of hydrogen-bond donors (Lipinski definition) is 3. The van der Waals surface area contributed by atoms with E-state index in [1.165, 1.54) is 6.07 Å². The zero-order valence-electron chi connectivity index (χ0n) is 20.6. The van der Waals surface area contributed by atoms with E-state index in [0.29, 0.717) is 29.8 Å². The summed E-state index contributed by atoms with van der Waals surface area (Å²) < 4.78 is 29.5. The summed E-state index contributed by atoms with van der Waals surface area (Å²) in [6.45, 7) is 4.31. The van der Waals surface area contributed by atoms with Gasteiger partial charge in [-0.2, -0.15) is 5.06 Å². The topological polar surface area (TPSA) is 149 Å². The van der Waals surface area contributed by atoms with Crippen molar-refractivity contribution in [2.45, 2.75) is 37.5 Å². The highest BCUT2D eigenvalue weighted by molar-refractivity contribution is 7.89. The van der Waals surface area contributed by atoms with Gasteiger partial charge in [0, 0.05) is 24.2 Å². The van der Waals surface area contributed by atoms with Gasteiger partial charge in [-0.25, -0.2) is 13.6 Å². The van der Waals surface area contributed by atoms with E-state index in [1.807, 2.05) is 30.3 Å². The number of nitrogens with zero attached hydrogens (tertiary/aromatic N) is 1. The molecule has 194 valence electrons. The van der Waals surface area contributed by atoms with Crippen LogP contribution in [0.4, 0.5) is 0 Å². The molecular weight excluding hydrogens is 492 g/mol. The summed E-state index contributed by atoms with van der Waals surface area (Å²) in [6.07, 6.45) is -0.857. The molecule has 0 bridgehead atoms. The van der Waals surface area contributed by atoms with Crippen LogP contribution in [-0.4, -0.2) is 37.9 Å². The number of carbonyl (C=O) groups is 1. The molecule has 10 heteroatoms. The first-order chi connectivity index (χ1) is 17.5. The van der Waals surface area contributed by atoms with Gasteiger partial charge in [0.25, 0.3) is 0 Å². The van der Waals surface area contributed by atoms with Gasteiger partial charge in [0.2, 0.25) is 10.0 Å². The molecule has 37 heavy (non-hydrogen) atoms. The third-order valence-corrected chi connectivity index (χ3v) is 7.00. The first-order valence-corrected chi connectivity index (χ1v) is 13.4. The van der Waals surface area contributed by atoms with E-state index in [2.05, 4.69) is 0 Å². The van der Waals surface area contributed by atoms with E-state index in [1.54, 1.807) is 55.3 Å². The van der Waals surface area contributed by atoms with Gasteiger partial charge in [0.15, 0.2) is 0 Å². The van der Waals surface area contributed by atoms with E-state index in [9.17, 15) is 13.2 Å². The van der Waals surface area contributed by atoms with Crippen LogP contribution in [0.3, 0.4) is 0 Å². The van der Waals surface area contributed by atoms with Crippen LogP contribution in [-0.2, 0) is 30.9 Å². The number of sulfonamides is 1. The van der Waals surface area contributed by atoms with Gasteiger partial charge in [-0.1, -0.05) is 60.7 Å². The monoisotopic (exact) mass is 522 g/mol. The van der Waals surface area contributed by atoms with Gasteiger partial charge in [-0.3, -0.25) is 15.0 Å². The lowest BCUT2D eigenvalue weighted by Gasteiger charge is -2.19. The van der Waals surface area contributed by atoms with E-state index in [-0.39, 0.29) is 22.8 Å². The average molecular weight is 523 g/mol. The van der Waals surface area contributed by atoms with Crippen molar-refractivity contribution in [3.8, 4) is 11.1 Å². The molecule has 0 saturated carbocycles. The Hall–Kier alpha value is -3.57. The summed E-state index contributed by atoms with van der Waals surface area (Å²) >= 11 is 0. The summed E-state index contributed by atoms with van der Waals surface area (Å²) in [5.41, 5.74) is 9.09. The van der Waals surface area contributed by atoms with Gasteiger partial charge in [0.05, 0.1) is 11.0 Å². The zero-order chi connectivity index (χ0) is 26.7. The molecule has 0 aromatic heterocycles. The maximum absolute atomic E-state index is 12.9. The Labute approximate surface area is 216 Å². The van der Waals surface area contributed by atoms with Crippen LogP contribution in [0.1, 0.15) is 36.6 Å². The van der Waals surface area contributed by atoms with Crippen molar-refractivity contribution in [3.05, 3.63) is 89.5 Å². The smallest absolute Gasteiger partial charge is 0.313 e. The summed E-state index contributed by atoms with van der Waals surface area (Å²) in [4.78, 5) is 19.2. The number of nitrogen functional groups attached to an aromatic ring is 1. The number of ether oxygens (including phenoxy) is 1. The van der Waals surface area contributed by atoms with E-state index in [4.69, 9.17) is 25.9 Å². The molecule has 2 atom stereocenters. The highest BCUT2D eigenvalue weighted by Gasteiger charge is 2.41. The van der Waals surface area contributed by atoms with Crippen molar-refractivity contribution in [2.24, 2.45) is 16.8 Å². The summed E-state index contributed by atoms with van der Waals surface area (Å²) in [5.74, 6) is -0.988. The standard InChI is InChI=1S/C27H30N4O5S/c1-17(2)35-27(32)23-16-31(36-25(23)20-6-5-7-21(14-20)26(28)29)15-18-10-12-19(13-11-18)22-8-3-4-9-24(22)37(30,33)34/h3-14,17,23,25H,15-16H2,1-2H3,(H3,28,29)(H2,30,33,34)/t23-,25+/m0/s1. The van der Waals surface area contributed by atoms with E-state index < -0.39 is 22.0 Å². The number of carbonyl (C=O) groups excluding carboxylic acids is 1. The molecule has 1 heterocycles. The lowest BCUT2D eigenvalue weighted by atomic mass is 9.95. The Morgan fingerprint density at radius 1 is 1.11 bits per heavy atom. The fraction of sp³-hybridized carbons (Fsp3) is 0.259. The number of hydrogen-bond acceptors (Lipinski definition) is 7. The molecule has 1 fully saturated rings. The number of amidine groups is 1. The molecule has 5 N–H and O–H groups in total. The normalized spacial score (nSPS) is 18.2. The lowest BCUT2D eigenvalue weighted by Crippen LogP contribution is -2.27. The maximum atomic E-state index is 12.9. The van der Waals surface area contributed by atoms with E-state index >= 15 is 0 Å². The molecule has 0 unspecified atom stereocenters. The second-order valence-corrected chi connectivity index (χ2v) is 10.7. The van der Waals surface area contributed by atoms with Crippen LogP contribution in [0, 0.1) is 11.3 Å². The molecule has 1 aliphatic heterocycles. The zero-order valence-corrected chi connectivity index (χ0v) is 21.4. The van der Waals surface area contributed by atoms with Crippen molar-refractivity contribution in [1.29, 1.82) is 5.41 Å². The number of hydroxylamine groups is 2. The molecule has 0 amide bonds. The molecular formula is C27H30N4O5S. The van der Waals surface area contributed by atoms with Crippen molar-refractivity contribution in [3.63, 3.8) is 0 Å². The first-order valence-electron chi connectivity index (χ1n) is 11.8. The number of rotatable bonds is 8. The SMILES string of the molecule is CC(C)OC(=O)[C@H]1CN(Cc2ccc(-c3ccccc3S(N)(=O)=O)cc2)O[C@@H]1c1cccc(C(=N)N)c1. The molecule has 1 saturated heterocycles. The molecule has 4 rings (SSSR count). The van der Waals surface area contributed by atoms with Crippen LogP contribution >= 0.6 is 0 Å². The molecule has 0 radical (unpaired) electrons. The van der Waals surface area contributed by atoms with Gasteiger partial charge in [-0.15, -0.1) is 0 Å². The van der Waals surface area contributed by atoms with E-state index in [0.717, 1.165) is 11.1 Å². The van der Waals surface area contributed by atoms with Gasteiger partial charge >= 0.3 is 5.97 Å². The summed E-state index contributed by atoms with van der Waals surface area (Å²) in [6, 6.07) is 21.1. The quantitative estimate of drug-likeness (QED) is 0.233. The van der Waals surface area contributed by atoms with Crippen LogP contribution < -0.4 is 10.9 Å². The Balaban J connectivity index is 1.56. The fourth-order valence-corrected chi connectivity index (χ4v) is 5.10. The van der Waals surface area contributed by atoms with Crippen LogP contribution in [0.2, 0.25) is 0 Å². The number of benzene rings is 3. The second kappa shape index (κ2) is 10.8. The second-order valence-electron chi connectivity index (χ2n) is 9.22. The molecule has 0 aliphatic carbocycles. The minimum Gasteiger partial charge on any atom is -0.463 e. The minimum atomic E-state index is -3.87. The number of nitrogens with one attached hydrogen (secondary N) is 1. The van der Waals surface area contributed by atoms with Gasteiger partial charge < -0.3 is 10.5 Å². The summed E-state index contributed by atoms with van der Waals surface area (Å²) in [5, 5.41) is 14.8. The maximum Gasteiger partial charge on any atom is 0.313 e. The average Bonchev–Trinajstić information content (AvgIpc) is 3.28. The van der Waals surface area contributed by atoms with Crippen molar-refractivity contribution in [1.82, 2.24) is 5.06 Å². The predicted molar refractivity (Wildman–Crippen MR) is 140 cm³/mol. The minimum absolute atomic E-state index is 0.0627. The molecule has 0 spiro atoms. The first kappa shape index (κ1) is 26.5. The molecule has 1 aliphatic rings. The number of primary sulfonamides is 1. The highest BCUT2D eigenvalue weighted by atomic mass is 32.2. The van der Waals surface area contributed by atoms with Crippen LogP contribution in [0.15, 0.2) is 77.7 Å². The fourth-order valence-electron chi connectivity index (χ4n) is 4.33. The van der Waals surface area contributed by atoms with Gasteiger partial charge in [0.1, 0.15) is 17.9 Å². The molecule has 3 aromatic carbocycles. The van der Waals surface area contributed by atoms with Gasteiger partial charge in [-0.05, 0) is 42.7 Å². The molecule has 9 nitrogen and oxygen atoms in total. The summed E-state index contributed by atoms with van der Waals surface area (Å²) in [7, 11) is -3.87. The lowest BCUT2D eigenvalue weighted by molar-refractivity contribution is -0.163. The number of nitrogens with two attached hydrogens (primary N) is 2. The third-order valence-electron chi connectivity index (χ3n) is 6.03. The Bertz CT molecular complexity index is 1410. The Morgan fingerprint density at radius 3 is 2.46 bits per heavy atom. The number of esters is 1. The van der Waals surface area contributed by atoms with Crippen molar-refractivity contribution in [2.75, 3.05) is 6.54 Å². The third kappa shape index (κ3) is 6.23. The Kier molecular flexibility index (Phi) is 7.74. The largest absolute Gasteiger partial charge is 0.463 e. The van der Waals surface area contributed by atoms with Crippen LogP contribution in [0.5, 0.6) is 0 Å². The van der Waals surface area contributed by atoms with Crippen molar-refractivity contribution >= 4 is 21.8 Å². The van der Waals surface area contributed by atoms with Crippen LogP contribution in [0.25, 0.3) is 11.1 Å². The molecule has 3 aromatic rings. The predicted octanol–water partition coefficient (Wildman–Crippen LogP) is 3.34.